The summed E-state index contributed by atoms with van der Waals surface area (Å²) in [5.41, 5.74) is 13.0. The lowest BCUT2D eigenvalue weighted by Gasteiger charge is -2.33. The summed E-state index contributed by atoms with van der Waals surface area (Å²) in [6.45, 7) is -2.23. The molecule has 1 aromatic heterocycles. The molecule has 1 fully saturated rings. The summed E-state index contributed by atoms with van der Waals surface area (Å²) in [5, 5.41) is 51.8. The zero-order chi connectivity index (χ0) is 64.1. The molecule has 0 spiro atoms. The van der Waals surface area contributed by atoms with Gasteiger partial charge in [-0.25, -0.2) is 4.68 Å². The molecule has 472 valence electrons. The summed E-state index contributed by atoms with van der Waals surface area (Å²) in [4.78, 5) is 113. The largest absolute Gasteiger partial charge is 0.531 e. The quantitative estimate of drug-likeness (QED) is 0.0114. The second-order valence-electron chi connectivity index (χ2n) is 22.2. The highest BCUT2D eigenvalue weighted by molar-refractivity contribution is 6.58. The monoisotopic (exact) mass is 1220 g/mol. The average molecular weight is 1220 g/mol. The predicted octanol–water partition coefficient (Wildman–Crippen LogP) is 0.865. The van der Waals surface area contributed by atoms with Gasteiger partial charge in [0.15, 0.2) is 5.96 Å². The number of nitrogens with one attached hydrogen (secondary N) is 10. The number of nitrogens with two attached hydrogens (primary N) is 2. The second kappa shape index (κ2) is 31.6. The Hall–Kier alpha value is -9.74. The normalized spacial score (nSPS) is 17.4. The fourth-order valence-corrected chi connectivity index (χ4v) is 9.98. The van der Waals surface area contributed by atoms with Gasteiger partial charge in [-0.3, -0.25) is 43.8 Å². The zero-order valence-electron chi connectivity index (χ0n) is 49.3. The summed E-state index contributed by atoms with van der Waals surface area (Å²) >= 11 is 0. The third-order valence-corrected chi connectivity index (χ3v) is 14.3. The molecule has 0 saturated carbocycles. The molecule has 5 atom stereocenters. The van der Waals surface area contributed by atoms with E-state index in [0.717, 1.165) is 15.7 Å². The van der Waals surface area contributed by atoms with Crippen molar-refractivity contribution in [3.63, 3.8) is 0 Å². The minimum absolute atomic E-state index is 0.00846. The molecular weight excluding hydrogens is 1150 g/mol. The molecule has 0 unspecified atom stereocenters. The lowest BCUT2D eigenvalue weighted by atomic mass is 9.90. The number of phenols is 1. The van der Waals surface area contributed by atoms with Crippen molar-refractivity contribution in [1.82, 2.24) is 62.4 Å². The van der Waals surface area contributed by atoms with Crippen LogP contribution < -0.4 is 59.3 Å². The number of hydrogen-bond acceptors (Lipinski definition) is 14. The number of halogens is 3. The first-order valence-corrected chi connectivity index (χ1v) is 28.6. The molecule has 6 rings (SSSR count). The maximum absolute atomic E-state index is 14.7. The number of nitrogens with zero attached hydrogens (tertiary/aromatic N) is 5. The molecule has 2 heterocycles. The third-order valence-electron chi connectivity index (χ3n) is 14.3. The number of carbonyl (C=O) groups is 8. The number of aromatic hydroxyl groups is 1. The van der Waals surface area contributed by atoms with E-state index in [0.29, 0.717) is 24.1 Å². The Morgan fingerprint density at radius 3 is 2.12 bits per heavy atom. The van der Waals surface area contributed by atoms with Gasteiger partial charge in [-0.2, -0.15) is 0 Å². The van der Waals surface area contributed by atoms with E-state index in [4.69, 9.17) is 16.9 Å². The molecular formula is C58H77BF3N17O9. The standard InChI is InChI=1S/C58H77BF3N17O9/c1-36(63)66-25-9-14-49(78-33-43(75-76-78)34-79(3,4)35-59(60,61)62)55(86)70-31-50(81)71-42-21-19-40(20-22-42)52(83)67-26-8-13-48-56(87)73-45(12-7-27-68-58(64)65)54(85)74-46(30-38-15-18-39-10-5-6-11-41(39)28-38)53(84)69-32-51(82)72-47(57(88)77(48)2)29-37-16-23-44(80)24-17-37/h5-6,10-11,15-24,28,33,45-49,66,80H,1,7-9,12-14,25-27,29-32,34-35,63H2,2-4H3,(H,67,83)(H,69,84)(H,70,86)(H,71,81)(H,72,82)(H,73,87)(H,74,85)(H4,64,65,68)/t45-,46-,47+,48+,49-/m0/s1. The van der Waals surface area contributed by atoms with E-state index in [-0.39, 0.29) is 99.1 Å². The van der Waals surface area contributed by atoms with Crippen molar-refractivity contribution >= 4 is 76.7 Å². The first kappa shape index (κ1) is 67.4. The zero-order valence-corrected chi connectivity index (χ0v) is 49.3. The van der Waals surface area contributed by atoms with Crippen molar-refractivity contribution in [2.24, 2.45) is 11.5 Å². The van der Waals surface area contributed by atoms with Crippen molar-refractivity contribution in [3.8, 4) is 5.75 Å². The molecule has 0 aliphatic carbocycles. The lowest BCUT2D eigenvalue weighted by Crippen LogP contribution is -2.58. The summed E-state index contributed by atoms with van der Waals surface area (Å²) < 4.78 is 40.6. The van der Waals surface area contributed by atoms with Gasteiger partial charge in [-0.1, -0.05) is 66.4 Å². The number of fused-ring (bicyclic) bond motifs is 1. The Morgan fingerprint density at radius 1 is 0.784 bits per heavy atom. The van der Waals surface area contributed by atoms with Crippen molar-refractivity contribution < 1.29 is 60.9 Å². The van der Waals surface area contributed by atoms with E-state index in [1.54, 1.807) is 12.1 Å². The molecule has 15 N–H and O–H groups in total. The minimum atomic E-state index is -5.09. The maximum Gasteiger partial charge on any atom is 0.531 e. The summed E-state index contributed by atoms with van der Waals surface area (Å²) in [6.07, 6.45) is 1.04. The van der Waals surface area contributed by atoms with Gasteiger partial charge in [0.2, 0.25) is 41.4 Å². The van der Waals surface area contributed by atoms with E-state index >= 15 is 0 Å². The average Bonchev–Trinajstić information content (AvgIpc) is 3.56. The van der Waals surface area contributed by atoms with Crippen LogP contribution in [0.4, 0.5) is 18.6 Å². The second-order valence-corrected chi connectivity index (χ2v) is 22.2. The number of amides is 8. The van der Waals surface area contributed by atoms with Gasteiger partial charge in [-0.15, -0.1) is 5.10 Å². The SMILES string of the molecule is C=C(N)NCCC[C@@H](C(=O)NCC(=O)Nc1ccc(C(=O)NCCC[C@@H]2C(=O)N[C@@H](CCCNC(=N)N)C(=O)N[C@@H](Cc3ccc4ccccc4c3)C(=O)NCC(=O)N[C@H](Cc3ccc(O)cc3)C(=O)N2C)cc1)n1cc(C[N+](C)(C)C[B-](F)(F)F)nn1. The van der Waals surface area contributed by atoms with Crippen LogP contribution in [0.15, 0.2) is 110 Å². The number of hydrogen-bond donors (Lipinski definition) is 13. The van der Waals surface area contributed by atoms with Gasteiger partial charge in [0.25, 0.3) is 5.91 Å². The van der Waals surface area contributed by atoms with Crippen LogP contribution in [0.2, 0.25) is 0 Å². The van der Waals surface area contributed by atoms with Gasteiger partial charge < -0.3 is 86.8 Å². The molecule has 5 aromatic rings. The summed E-state index contributed by atoms with van der Waals surface area (Å²) in [6, 6.07) is 18.7. The molecule has 1 aliphatic rings. The van der Waals surface area contributed by atoms with Crippen LogP contribution in [-0.2, 0) is 52.9 Å². The first-order valence-electron chi connectivity index (χ1n) is 28.6. The number of phenolic OH excluding ortho intramolecular Hbond substituents is 1. The Kier molecular flexibility index (Phi) is 24.2. The number of rotatable bonds is 27. The van der Waals surface area contributed by atoms with Crippen molar-refractivity contribution in [2.75, 3.05) is 65.6 Å². The molecule has 26 nitrogen and oxygen atoms in total. The van der Waals surface area contributed by atoms with Gasteiger partial charge >= 0.3 is 6.98 Å². The Balaban J connectivity index is 1.13. The van der Waals surface area contributed by atoms with E-state index in [1.165, 1.54) is 68.4 Å². The molecule has 1 saturated heterocycles. The molecule has 0 bridgehead atoms. The maximum atomic E-state index is 14.7. The van der Waals surface area contributed by atoms with E-state index in [9.17, 15) is 56.4 Å². The lowest BCUT2D eigenvalue weighted by molar-refractivity contribution is -0.895. The van der Waals surface area contributed by atoms with E-state index in [1.807, 2.05) is 42.5 Å². The molecule has 88 heavy (non-hydrogen) atoms. The number of quaternary nitrogens is 1. The number of benzene rings is 4. The van der Waals surface area contributed by atoms with Crippen molar-refractivity contribution in [2.45, 2.75) is 88.1 Å². The van der Waals surface area contributed by atoms with Crippen LogP contribution in [0.25, 0.3) is 10.8 Å². The van der Waals surface area contributed by atoms with Crippen LogP contribution >= 0.6 is 0 Å². The number of guanidine groups is 1. The molecule has 8 amide bonds. The Morgan fingerprint density at radius 2 is 1.43 bits per heavy atom. The predicted molar refractivity (Wildman–Crippen MR) is 323 cm³/mol. The molecule has 0 radical (unpaired) electrons. The van der Waals surface area contributed by atoms with Crippen molar-refractivity contribution in [1.29, 1.82) is 5.41 Å². The van der Waals surface area contributed by atoms with Crippen LogP contribution in [0.5, 0.6) is 5.75 Å². The highest BCUT2D eigenvalue weighted by Crippen LogP contribution is 2.21. The van der Waals surface area contributed by atoms with Gasteiger partial charge in [0.05, 0.1) is 45.6 Å². The Bertz CT molecular complexity index is 3300. The number of carbonyl (C=O) groups excluding carboxylic acids is 8. The van der Waals surface area contributed by atoms with Gasteiger partial charge in [-0.05, 0) is 96.8 Å². The van der Waals surface area contributed by atoms with Crippen LogP contribution in [0, 0.1) is 5.41 Å². The highest BCUT2D eigenvalue weighted by Gasteiger charge is 2.37. The van der Waals surface area contributed by atoms with Gasteiger partial charge in [0.1, 0.15) is 48.2 Å². The van der Waals surface area contributed by atoms with E-state index < -0.39 is 108 Å². The van der Waals surface area contributed by atoms with Gasteiger partial charge in [0, 0.05) is 50.8 Å². The molecule has 4 aromatic carbocycles. The highest BCUT2D eigenvalue weighted by atomic mass is 19.4. The first-order chi connectivity index (χ1) is 41.7. The summed E-state index contributed by atoms with van der Waals surface area (Å²) in [5.74, 6) is -5.61. The summed E-state index contributed by atoms with van der Waals surface area (Å²) in [7, 11) is 4.18. The van der Waals surface area contributed by atoms with Crippen LogP contribution in [0.1, 0.15) is 71.7 Å². The fourth-order valence-electron chi connectivity index (χ4n) is 9.98. The van der Waals surface area contributed by atoms with Crippen LogP contribution in [-0.4, -0.2) is 174 Å². The molecule has 30 heteroatoms. The fraction of sp³-hybridized carbons (Fsp3) is 0.397. The number of aromatic nitrogens is 3. The van der Waals surface area contributed by atoms with E-state index in [2.05, 4.69) is 64.7 Å². The molecule has 1 aliphatic heterocycles. The Labute approximate surface area is 506 Å². The smallest absolute Gasteiger partial charge is 0.508 e. The van der Waals surface area contributed by atoms with Crippen LogP contribution in [0.3, 0.4) is 0 Å². The van der Waals surface area contributed by atoms with Crippen molar-refractivity contribution in [3.05, 3.63) is 132 Å². The topological polar surface area (TPSA) is 375 Å². The number of anilines is 1. The minimum Gasteiger partial charge on any atom is -0.508 e. The number of likely N-dealkylation sites (N-methyl/N-ethyl adjacent to an activating group) is 1. The third kappa shape index (κ3) is 21.6.